The highest BCUT2D eigenvalue weighted by Crippen LogP contribution is 2.48. The van der Waals surface area contributed by atoms with Crippen LogP contribution in [0.3, 0.4) is 0 Å². The largest absolute Gasteiger partial charge is 0.497 e. The van der Waals surface area contributed by atoms with Crippen molar-refractivity contribution in [3.05, 3.63) is 92.7 Å². The average molecular weight is 960 g/mol. The predicted octanol–water partition coefficient (Wildman–Crippen LogP) is 5.25. The zero-order valence-corrected chi connectivity index (χ0v) is 40.2. The fraction of sp³-hybridized carbons (Fsp3) is 0.469. The number of imidazole rings is 1. The van der Waals surface area contributed by atoms with E-state index in [9.17, 15) is 19.6 Å². The van der Waals surface area contributed by atoms with Gasteiger partial charge in [-0.05, 0) is 88.4 Å². The molecule has 20 heteroatoms. The zero-order chi connectivity index (χ0) is 48.2. The maximum atomic E-state index is 13.7. The molecule has 0 bridgehead atoms. The van der Waals surface area contributed by atoms with Gasteiger partial charge in [0, 0.05) is 61.8 Å². The van der Waals surface area contributed by atoms with E-state index >= 15 is 0 Å². The number of anilines is 2. The van der Waals surface area contributed by atoms with Crippen LogP contribution in [0.1, 0.15) is 79.5 Å². The minimum Gasteiger partial charge on any atom is -0.497 e. The summed E-state index contributed by atoms with van der Waals surface area (Å²) in [5, 5.41) is 14.8. The summed E-state index contributed by atoms with van der Waals surface area (Å²) in [6.07, 6.45) is 5.64. The Morgan fingerprint density at radius 1 is 0.957 bits per heavy atom. The van der Waals surface area contributed by atoms with Crippen molar-refractivity contribution < 1.29 is 33.1 Å². The Balaban J connectivity index is 0.708. The molecule has 6 aromatic rings. The molecule has 0 spiro atoms. The molecule has 1 unspecified atom stereocenters. The molecule has 2 amide bonds. The lowest BCUT2D eigenvalue weighted by molar-refractivity contribution is -0.151. The van der Waals surface area contributed by atoms with Gasteiger partial charge in [0.25, 0.3) is 5.91 Å². The number of fused-ring (bicyclic) bond motifs is 2. The number of carbonyl (C=O) groups is 2. The van der Waals surface area contributed by atoms with Crippen LogP contribution in [0, 0.1) is 11.3 Å². The minimum atomic E-state index is -0.808. The van der Waals surface area contributed by atoms with Crippen LogP contribution in [0.5, 0.6) is 11.5 Å². The van der Waals surface area contributed by atoms with E-state index in [4.69, 9.17) is 39.2 Å². The number of hydrogen-bond donors (Lipinski definition) is 1. The number of piperidine rings is 1. The van der Waals surface area contributed by atoms with Crippen molar-refractivity contribution in [3.63, 3.8) is 0 Å². The van der Waals surface area contributed by atoms with Crippen LogP contribution in [-0.2, 0) is 44.5 Å². The third-order valence-electron chi connectivity index (χ3n) is 13.5. The summed E-state index contributed by atoms with van der Waals surface area (Å²) in [5.41, 5.74) is 9.27. The van der Waals surface area contributed by atoms with Gasteiger partial charge in [-0.1, -0.05) is 17.3 Å². The van der Waals surface area contributed by atoms with E-state index in [-0.39, 0.29) is 37.0 Å². The number of thiophene rings is 1. The number of ether oxygens (including phenoxy) is 4. The van der Waals surface area contributed by atoms with E-state index in [1.165, 1.54) is 25.4 Å². The Labute approximate surface area is 403 Å². The number of nitrogens with two attached hydrogens (primary N) is 1. The second-order valence-corrected chi connectivity index (χ2v) is 19.1. The maximum Gasteiger partial charge on any atom is 0.329 e. The number of nitriles is 1. The molecule has 19 nitrogen and oxygen atoms in total. The molecule has 6 heterocycles. The van der Waals surface area contributed by atoms with Crippen LogP contribution >= 0.6 is 11.3 Å². The first-order valence-electron chi connectivity index (χ1n) is 23.4. The average Bonchev–Trinajstić information content (AvgIpc) is 4.02. The summed E-state index contributed by atoms with van der Waals surface area (Å²) in [6.45, 7) is 9.71. The van der Waals surface area contributed by atoms with Crippen molar-refractivity contribution in [1.29, 1.82) is 5.26 Å². The first kappa shape index (κ1) is 47.4. The maximum absolute atomic E-state index is 13.7. The number of aryl methyl sites for hydroxylation is 2. The van der Waals surface area contributed by atoms with E-state index in [1.807, 2.05) is 19.1 Å². The van der Waals surface area contributed by atoms with Crippen molar-refractivity contribution in [2.45, 2.75) is 76.4 Å². The van der Waals surface area contributed by atoms with E-state index in [2.05, 4.69) is 32.9 Å². The number of nitrogens with zero attached hydrogens (tertiary/aromatic N) is 10. The Kier molecular flexibility index (Phi) is 14.1. The van der Waals surface area contributed by atoms with Gasteiger partial charge in [0.15, 0.2) is 0 Å². The molecule has 2 aliphatic heterocycles. The van der Waals surface area contributed by atoms with Crippen molar-refractivity contribution >= 4 is 45.1 Å². The normalized spacial score (nSPS) is 20.0. The fourth-order valence-electron chi connectivity index (χ4n) is 9.83. The summed E-state index contributed by atoms with van der Waals surface area (Å²) in [6, 6.07) is 16.0. The van der Waals surface area contributed by atoms with Crippen LogP contribution in [0.25, 0.3) is 22.6 Å². The molecule has 9 rings (SSSR count). The minimum absolute atomic E-state index is 0.117. The number of carbonyl (C=O) groups excluding carboxylic acids is 2. The third kappa shape index (κ3) is 9.68. The van der Waals surface area contributed by atoms with Crippen molar-refractivity contribution in [3.8, 4) is 29.1 Å². The quantitative estimate of drug-likeness (QED) is 0.0911. The molecule has 2 N–H and O–H groups in total. The Morgan fingerprint density at radius 2 is 1.74 bits per heavy atom. The van der Waals surface area contributed by atoms with Crippen LogP contribution in [0.4, 0.5) is 10.9 Å². The topological polar surface area (TPSA) is 222 Å². The third-order valence-corrected chi connectivity index (χ3v) is 14.6. The Bertz CT molecular complexity index is 2920. The molecule has 2 saturated heterocycles. The van der Waals surface area contributed by atoms with Gasteiger partial charge in [0.2, 0.25) is 23.6 Å². The second-order valence-electron chi connectivity index (χ2n) is 18.0. The van der Waals surface area contributed by atoms with E-state index in [1.54, 1.807) is 56.8 Å². The highest BCUT2D eigenvalue weighted by Gasteiger charge is 2.43. The first-order valence-corrected chi connectivity index (χ1v) is 24.2. The Hall–Kier alpha value is -6.66. The lowest BCUT2D eigenvalue weighted by Crippen LogP contribution is -2.47. The zero-order valence-electron chi connectivity index (χ0n) is 39.4. The van der Waals surface area contributed by atoms with E-state index in [0.29, 0.717) is 89.5 Å². The standard InChI is InChI=1S/C49H57N11O8S/c1-31-29-57(19-6-20-58(31)47-52-18-16-36(53-47)44-54-46(68-55-44)49(2)17-5-7-40-42(49)35(28-50)43(51)69-40)21-22-65-23-24-66-25-26-67-34-12-13-37-39(27-34)56(3)48(63)60(37)38-14-15-41(61)59(45(38)62)30-32-8-10-33(64-4)11-9-32/h8-13,16,18,27,31,38H,5-7,14-15,17,19-26,29-30,51H2,1-4H3/t31-,38?,49-/m0/s1. The highest BCUT2D eigenvalue weighted by atomic mass is 32.1. The van der Waals surface area contributed by atoms with Gasteiger partial charge in [0.1, 0.15) is 40.9 Å². The Morgan fingerprint density at radius 3 is 2.54 bits per heavy atom. The van der Waals surface area contributed by atoms with Gasteiger partial charge < -0.3 is 34.1 Å². The van der Waals surface area contributed by atoms with Crippen LogP contribution in [0.2, 0.25) is 0 Å². The number of nitrogen functional groups attached to an aromatic ring is 1. The van der Waals surface area contributed by atoms with Crippen LogP contribution < -0.4 is 25.8 Å². The molecule has 3 aliphatic rings. The fourth-order valence-corrected chi connectivity index (χ4v) is 11.0. The highest BCUT2D eigenvalue weighted by molar-refractivity contribution is 7.16. The van der Waals surface area contributed by atoms with Crippen LogP contribution in [-0.4, -0.2) is 123 Å². The summed E-state index contributed by atoms with van der Waals surface area (Å²) >= 11 is 1.47. The summed E-state index contributed by atoms with van der Waals surface area (Å²) in [4.78, 5) is 61.5. The molecule has 69 heavy (non-hydrogen) atoms. The van der Waals surface area contributed by atoms with Crippen LogP contribution in [0.15, 0.2) is 64.0 Å². The van der Waals surface area contributed by atoms with Gasteiger partial charge >= 0.3 is 5.69 Å². The first-order chi connectivity index (χ1) is 33.5. The van der Waals surface area contributed by atoms with Gasteiger partial charge in [0.05, 0.1) is 62.1 Å². The van der Waals surface area contributed by atoms with E-state index < -0.39 is 17.4 Å². The number of aromatic nitrogens is 6. The number of rotatable bonds is 17. The summed E-state index contributed by atoms with van der Waals surface area (Å²) in [5.74, 6) is 2.03. The number of methoxy groups -OCH3 is 1. The number of imide groups is 1. The smallest absolute Gasteiger partial charge is 0.329 e. The lowest BCUT2D eigenvalue weighted by atomic mass is 9.72. The molecule has 2 aromatic carbocycles. The molecule has 0 saturated carbocycles. The van der Waals surface area contributed by atoms with Crippen molar-refractivity contribution in [2.24, 2.45) is 7.05 Å². The van der Waals surface area contributed by atoms with Crippen molar-refractivity contribution in [1.82, 2.24) is 39.0 Å². The van der Waals surface area contributed by atoms with Gasteiger partial charge in [-0.2, -0.15) is 10.2 Å². The molecular weight excluding hydrogens is 903 g/mol. The molecule has 362 valence electrons. The molecule has 4 aromatic heterocycles. The molecule has 0 radical (unpaired) electrons. The molecule has 3 atom stereocenters. The summed E-state index contributed by atoms with van der Waals surface area (Å²) < 4.78 is 31.8. The number of likely N-dealkylation sites (tertiary alicyclic amines) is 1. The number of amides is 2. The van der Waals surface area contributed by atoms with E-state index in [0.717, 1.165) is 67.9 Å². The molecule has 1 aliphatic carbocycles. The van der Waals surface area contributed by atoms with Gasteiger partial charge in [-0.25, -0.2) is 14.8 Å². The van der Waals surface area contributed by atoms with Gasteiger partial charge in [-0.3, -0.25) is 28.5 Å². The molecule has 2 fully saturated rings. The second kappa shape index (κ2) is 20.5. The monoisotopic (exact) mass is 959 g/mol. The predicted molar refractivity (Wildman–Crippen MR) is 257 cm³/mol. The lowest BCUT2D eigenvalue weighted by Gasteiger charge is -2.31. The van der Waals surface area contributed by atoms with Gasteiger partial charge in [-0.15, -0.1) is 11.3 Å². The number of hydrogen-bond acceptors (Lipinski definition) is 17. The molecular formula is C49H57N11O8S. The number of benzene rings is 2. The van der Waals surface area contributed by atoms with Crippen molar-refractivity contribution in [2.75, 3.05) is 77.0 Å². The SMILES string of the molecule is COc1ccc(CN2C(=O)CCC(n3c(=O)n(C)c4cc(OCCOCCOCCN5CCCN(c6nccc(-c7noc([C@@]8(C)CCCc9sc(N)c(C#N)c98)n7)n6)[C@@H](C)C5)ccc43)C2=O)cc1. The summed E-state index contributed by atoms with van der Waals surface area (Å²) in [7, 11) is 3.24.